The maximum Gasteiger partial charge on any atom is 0.258 e. The minimum absolute atomic E-state index is 0.00958. The van der Waals surface area contributed by atoms with Crippen molar-refractivity contribution in [3.8, 4) is 22.8 Å². The van der Waals surface area contributed by atoms with Crippen LogP contribution in [0.2, 0.25) is 0 Å². The summed E-state index contributed by atoms with van der Waals surface area (Å²) in [4.78, 5) is 26.8. The normalized spacial score (nSPS) is 11.3. The molecule has 0 saturated heterocycles. The average Bonchev–Trinajstić information content (AvgIpc) is 3.43. The van der Waals surface area contributed by atoms with Crippen molar-refractivity contribution < 1.29 is 18.8 Å². The SMILES string of the molecule is C=C(C)/C(=C\C=C/C)c1ccc(-c2nc(-c3cccc(C(C)=O)c3)no2)cc1COC.CCCCC(=O)CC. The smallest absolute Gasteiger partial charge is 0.258 e. The third-order valence-corrected chi connectivity index (χ3v) is 6.01. The predicted octanol–water partition coefficient (Wildman–Crippen LogP) is 8.44. The Balaban J connectivity index is 0.000000580. The van der Waals surface area contributed by atoms with Gasteiger partial charge in [0.1, 0.15) is 5.78 Å². The zero-order chi connectivity index (χ0) is 28.8. The van der Waals surface area contributed by atoms with E-state index in [1.54, 1.807) is 19.2 Å². The van der Waals surface area contributed by atoms with E-state index >= 15 is 0 Å². The Kier molecular flexibility index (Phi) is 13.0. The Labute approximate surface area is 232 Å². The molecule has 0 unspecified atom stereocenters. The topological polar surface area (TPSA) is 82.3 Å². The Bertz CT molecular complexity index is 1330. The van der Waals surface area contributed by atoms with Crippen molar-refractivity contribution in [1.82, 2.24) is 10.1 Å². The molecule has 0 spiro atoms. The van der Waals surface area contributed by atoms with Gasteiger partial charge in [-0.05, 0) is 62.1 Å². The third-order valence-electron chi connectivity index (χ3n) is 6.01. The van der Waals surface area contributed by atoms with Gasteiger partial charge >= 0.3 is 0 Å². The van der Waals surface area contributed by atoms with Crippen LogP contribution in [0.3, 0.4) is 0 Å². The van der Waals surface area contributed by atoms with Crippen molar-refractivity contribution >= 4 is 17.1 Å². The molecular formula is C33H40N2O4. The van der Waals surface area contributed by atoms with Crippen molar-refractivity contribution in [3.63, 3.8) is 0 Å². The maximum absolute atomic E-state index is 11.7. The first-order chi connectivity index (χ1) is 18.7. The lowest BCUT2D eigenvalue weighted by Gasteiger charge is -2.13. The minimum atomic E-state index is -0.00958. The highest BCUT2D eigenvalue weighted by atomic mass is 16.5. The fraction of sp³-hybridized carbons (Fsp3) is 0.333. The van der Waals surface area contributed by atoms with Gasteiger partial charge in [0.25, 0.3) is 5.89 Å². The van der Waals surface area contributed by atoms with Crippen LogP contribution in [-0.4, -0.2) is 28.8 Å². The van der Waals surface area contributed by atoms with E-state index in [0.717, 1.165) is 52.7 Å². The summed E-state index contributed by atoms with van der Waals surface area (Å²) < 4.78 is 11.0. The molecule has 0 fully saturated rings. The third kappa shape index (κ3) is 9.41. The molecule has 0 aliphatic rings. The Hall–Kier alpha value is -3.90. The lowest BCUT2D eigenvalue weighted by atomic mass is 9.93. The number of carbonyl (C=O) groups is 2. The van der Waals surface area contributed by atoms with E-state index in [1.807, 2.05) is 69.3 Å². The number of ketones is 2. The van der Waals surface area contributed by atoms with Crippen molar-refractivity contribution in [2.75, 3.05) is 7.11 Å². The zero-order valence-corrected chi connectivity index (χ0v) is 24.0. The highest BCUT2D eigenvalue weighted by Crippen LogP contribution is 2.30. The number of hydrogen-bond donors (Lipinski definition) is 0. The first-order valence-electron chi connectivity index (χ1n) is 13.3. The van der Waals surface area contributed by atoms with Crippen molar-refractivity contribution in [2.45, 2.75) is 66.9 Å². The standard InChI is InChI=1S/C26H26N2O3.C7H14O/c1-6-7-11-23(17(2)3)24-13-12-21(15-22(24)16-30-5)26-27-25(28-31-26)20-10-8-9-19(14-20)18(4)29;1-3-5-6-7(8)4-2/h6-15H,2,16H2,1,3-5H3;3-6H2,1-2H3/b7-6-,23-11+;. The number of aromatic nitrogens is 2. The molecule has 6 heteroatoms. The molecule has 6 nitrogen and oxygen atoms in total. The highest BCUT2D eigenvalue weighted by molar-refractivity contribution is 5.95. The molecule has 2 aromatic carbocycles. The Morgan fingerprint density at radius 1 is 1.08 bits per heavy atom. The number of methoxy groups -OCH3 is 1. The van der Waals surface area contributed by atoms with E-state index in [2.05, 4.69) is 23.6 Å². The van der Waals surface area contributed by atoms with E-state index in [0.29, 0.717) is 36.1 Å². The van der Waals surface area contributed by atoms with Crippen LogP contribution in [0, 0.1) is 0 Å². The molecule has 3 aromatic rings. The molecule has 1 heterocycles. The number of benzene rings is 2. The second-order valence-corrected chi connectivity index (χ2v) is 9.25. The van der Waals surface area contributed by atoms with Crippen LogP contribution in [0.25, 0.3) is 28.4 Å². The minimum Gasteiger partial charge on any atom is -0.380 e. The van der Waals surface area contributed by atoms with E-state index in [4.69, 9.17) is 9.26 Å². The van der Waals surface area contributed by atoms with E-state index in [-0.39, 0.29) is 5.78 Å². The van der Waals surface area contributed by atoms with Crippen LogP contribution in [0.5, 0.6) is 0 Å². The maximum atomic E-state index is 11.7. The summed E-state index contributed by atoms with van der Waals surface area (Å²) in [6.45, 7) is 14.1. The van der Waals surface area contributed by atoms with Gasteiger partial charge in [0.2, 0.25) is 5.82 Å². The van der Waals surface area contributed by atoms with Crippen LogP contribution in [-0.2, 0) is 16.1 Å². The monoisotopic (exact) mass is 528 g/mol. The van der Waals surface area contributed by atoms with Gasteiger partial charge in [-0.3, -0.25) is 9.59 Å². The predicted molar refractivity (Wildman–Crippen MR) is 158 cm³/mol. The second-order valence-electron chi connectivity index (χ2n) is 9.25. The molecule has 0 bridgehead atoms. The van der Waals surface area contributed by atoms with Crippen LogP contribution < -0.4 is 0 Å². The summed E-state index contributed by atoms with van der Waals surface area (Å²) in [6.07, 6.45) is 9.71. The summed E-state index contributed by atoms with van der Waals surface area (Å²) in [5.41, 5.74) is 6.19. The number of hydrogen-bond acceptors (Lipinski definition) is 6. The molecule has 39 heavy (non-hydrogen) atoms. The van der Waals surface area contributed by atoms with Gasteiger partial charge in [-0.2, -0.15) is 4.98 Å². The molecule has 0 atom stereocenters. The number of unbranched alkanes of at least 4 members (excludes halogenated alkanes) is 1. The second kappa shape index (κ2) is 16.1. The number of rotatable bonds is 12. The number of allylic oxidation sites excluding steroid dienone is 5. The van der Waals surface area contributed by atoms with Gasteiger partial charge in [0, 0.05) is 36.6 Å². The summed E-state index contributed by atoms with van der Waals surface area (Å²) >= 11 is 0. The molecule has 206 valence electrons. The van der Waals surface area contributed by atoms with Crippen LogP contribution >= 0.6 is 0 Å². The molecular weight excluding hydrogens is 488 g/mol. The Morgan fingerprint density at radius 2 is 1.85 bits per heavy atom. The van der Waals surface area contributed by atoms with E-state index < -0.39 is 0 Å². The number of nitrogens with zero attached hydrogens (tertiary/aromatic N) is 2. The summed E-state index contributed by atoms with van der Waals surface area (Å²) in [7, 11) is 1.67. The van der Waals surface area contributed by atoms with Crippen LogP contribution in [0.4, 0.5) is 0 Å². The number of ether oxygens (including phenoxy) is 1. The van der Waals surface area contributed by atoms with Crippen LogP contribution in [0.15, 0.2) is 77.4 Å². The Morgan fingerprint density at radius 3 is 2.46 bits per heavy atom. The van der Waals surface area contributed by atoms with Gasteiger partial charge in [-0.25, -0.2) is 0 Å². The lowest BCUT2D eigenvalue weighted by molar-refractivity contribution is -0.118. The van der Waals surface area contributed by atoms with Crippen molar-refractivity contribution in [1.29, 1.82) is 0 Å². The zero-order valence-electron chi connectivity index (χ0n) is 24.0. The van der Waals surface area contributed by atoms with Gasteiger partial charge in [0.15, 0.2) is 5.78 Å². The molecule has 0 radical (unpaired) electrons. The highest BCUT2D eigenvalue weighted by Gasteiger charge is 2.15. The summed E-state index contributed by atoms with van der Waals surface area (Å²) in [5.74, 6) is 1.23. The van der Waals surface area contributed by atoms with Gasteiger partial charge < -0.3 is 9.26 Å². The number of Topliss-reactive ketones (excluding diaryl/α,β-unsaturated/α-hetero) is 2. The van der Waals surface area contributed by atoms with Crippen molar-refractivity contribution in [3.05, 3.63) is 89.5 Å². The number of carbonyl (C=O) groups excluding carboxylic acids is 2. The van der Waals surface area contributed by atoms with Gasteiger partial charge in [-0.15, -0.1) is 0 Å². The molecule has 1 aromatic heterocycles. The molecule has 0 aliphatic heterocycles. The van der Waals surface area contributed by atoms with Crippen LogP contribution in [0.1, 0.15) is 81.8 Å². The molecule has 3 rings (SSSR count). The summed E-state index contributed by atoms with van der Waals surface area (Å²) in [5, 5.41) is 4.10. The van der Waals surface area contributed by atoms with Gasteiger partial charge in [0.05, 0.1) is 6.61 Å². The molecule has 0 N–H and O–H groups in total. The molecule has 0 amide bonds. The molecule has 0 aliphatic carbocycles. The largest absolute Gasteiger partial charge is 0.380 e. The van der Waals surface area contributed by atoms with Gasteiger partial charge in [-0.1, -0.05) is 80.1 Å². The molecule has 0 saturated carbocycles. The first-order valence-corrected chi connectivity index (χ1v) is 13.3. The fourth-order valence-electron chi connectivity index (χ4n) is 3.80. The average molecular weight is 529 g/mol. The first kappa shape index (κ1) is 31.3. The van der Waals surface area contributed by atoms with Crippen molar-refractivity contribution in [2.24, 2.45) is 0 Å². The fourth-order valence-corrected chi connectivity index (χ4v) is 3.80. The van der Waals surface area contributed by atoms with E-state index in [1.165, 1.54) is 6.92 Å². The quantitative estimate of drug-likeness (QED) is 0.173. The lowest BCUT2D eigenvalue weighted by Crippen LogP contribution is -1.97. The van der Waals surface area contributed by atoms with E-state index in [9.17, 15) is 9.59 Å². The summed E-state index contributed by atoms with van der Waals surface area (Å²) in [6, 6.07) is 13.2.